The lowest BCUT2D eigenvalue weighted by molar-refractivity contribution is -0.134. The predicted octanol–water partition coefficient (Wildman–Crippen LogP) is 1.82. The van der Waals surface area contributed by atoms with Gasteiger partial charge in [-0.05, 0) is 35.5 Å². The van der Waals surface area contributed by atoms with E-state index in [4.69, 9.17) is 4.74 Å². The Morgan fingerprint density at radius 3 is 2.76 bits per heavy atom. The molecule has 0 saturated carbocycles. The zero-order valence-electron chi connectivity index (χ0n) is 11.2. The molecule has 110 valence electrons. The lowest BCUT2D eigenvalue weighted by Crippen LogP contribution is -2.17. The van der Waals surface area contributed by atoms with Crippen molar-refractivity contribution in [3.63, 3.8) is 0 Å². The lowest BCUT2D eigenvalue weighted by atomic mass is 10.1. The van der Waals surface area contributed by atoms with Crippen molar-refractivity contribution < 1.29 is 24.2 Å². The van der Waals surface area contributed by atoms with Gasteiger partial charge >= 0.3 is 5.97 Å². The summed E-state index contributed by atoms with van der Waals surface area (Å²) in [5.41, 5.74) is 1.06. The summed E-state index contributed by atoms with van der Waals surface area (Å²) in [5.74, 6) is -0.560. The number of rotatable bonds is 4. The largest absolute Gasteiger partial charge is 0.426 e. The first kappa shape index (κ1) is 15.3. The van der Waals surface area contributed by atoms with E-state index in [0.717, 1.165) is 11.8 Å². The molecule has 1 saturated heterocycles. The van der Waals surface area contributed by atoms with Crippen molar-refractivity contribution in [2.24, 2.45) is 0 Å². The normalized spacial score (nSPS) is 16.2. The highest BCUT2D eigenvalue weighted by atomic mass is 32.2. The molecule has 1 aromatic rings. The minimum atomic E-state index is -0.447. The van der Waals surface area contributed by atoms with Gasteiger partial charge in [-0.3, -0.25) is 19.7 Å². The number of carbonyl (C=O) groups is 3. The molecule has 2 rings (SSSR count). The van der Waals surface area contributed by atoms with E-state index in [9.17, 15) is 19.5 Å². The van der Waals surface area contributed by atoms with Gasteiger partial charge in [0.15, 0.2) is 0 Å². The summed E-state index contributed by atoms with van der Waals surface area (Å²) in [5, 5.41) is 11.1. The van der Waals surface area contributed by atoms with Gasteiger partial charge in [-0.2, -0.15) is 0 Å². The molecule has 0 unspecified atom stereocenters. The van der Waals surface area contributed by atoms with E-state index >= 15 is 0 Å². The number of amides is 2. The smallest absolute Gasteiger partial charge is 0.310 e. The fourth-order valence-corrected chi connectivity index (χ4v) is 2.36. The molecule has 0 aromatic heterocycles. The van der Waals surface area contributed by atoms with E-state index < -0.39 is 17.1 Å². The van der Waals surface area contributed by atoms with Crippen molar-refractivity contribution in [3.8, 4) is 5.75 Å². The Hall–Kier alpha value is -2.12. The van der Waals surface area contributed by atoms with E-state index in [1.54, 1.807) is 25.1 Å². The van der Waals surface area contributed by atoms with Crippen LogP contribution in [0.2, 0.25) is 0 Å². The molecule has 1 fully saturated rings. The monoisotopic (exact) mass is 307 g/mol. The van der Waals surface area contributed by atoms with E-state index in [0.29, 0.717) is 11.1 Å². The molecule has 1 aromatic carbocycles. The molecule has 1 aliphatic rings. The molecule has 0 atom stereocenters. The van der Waals surface area contributed by atoms with Crippen molar-refractivity contribution in [2.75, 3.05) is 0 Å². The van der Waals surface area contributed by atoms with Gasteiger partial charge in [0.05, 0.1) is 11.5 Å². The van der Waals surface area contributed by atoms with Gasteiger partial charge < -0.3 is 9.84 Å². The average molecular weight is 307 g/mol. The van der Waals surface area contributed by atoms with Crippen LogP contribution >= 0.6 is 11.8 Å². The third-order valence-corrected chi connectivity index (χ3v) is 3.52. The molecular weight excluding hydrogens is 294 g/mol. The van der Waals surface area contributed by atoms with Crippen LogP contribution in [0.5, 0.6) is 5.75 Å². The predicted molar refractivity (Wildman–Crippen MR) is 77.4 cm³/mol. The van der Waals surface area contributed by atoms with Gasteiger partial charge in [0.2, 0.25) is 0 Å². The molecule has 1 heterocycles. The molecule has 0 spiro atoms. The topological polar surface area (TPSA) is 92.7 Å². The standard InChI is InChI=1S/C14H13NO5S/c1-2-12(17)20-10-4-3-8(5-9(10)7-16)6-11-13(18)15-14(19)21-11/h3-6,16H,2,7H2,1H3,(H,15,18,19)/b11-6-. The van der Waals surface area contributed by atoms with Crippen LogP contribution in [0, 0.1) is 0 Å². The first-order chi connectivity index (χ1) is 10.0. The van der Waals surface area contributed by atoms with Crippen molar-refractivity contribution in [1.82, 2.24) is 5.32 Å². The number of carbonyl (C=O) groups excluding carboxylic acids is 3. The molecule has 0 aliphatic carbocycles. The van der Waals surface area contributed by atoms with Crippen LogP contribution in [0.15, 0.2) is 23.1 Å². The molecule has 0 bridgehead atoms. The molecular formula is C14H13NO5S. The van der Waals surface area contributed by atoms with Gasteiger partial charge in [-0.25, -0.2) is 0 Å². The molecule has 21 heavy (non-hydrogen) atoms. The summed E-state index contributed by atoms with van der Waals surface area (Å²) in [6.07, 6.45) is 1.77. The molecule has 6 nitrogen and oxygen atoms in total. The maximum Gasteiger partial charge on any atom is 0.310 e. The molecule has 1 aliphatic heterocycles. The molecule has 2 amide bonds. The summed E-state index contributed by atoms with van der Waals surface area (Å²) in [7, 11) is 0. The summed E-state index contributed by atoms with van der Waals surface area (Å²) in [4.78, 5) is 34.1. The summed E-state index contributed by atoms with van der Waals surface area (Å²) >= 11 is 0.814. The van der Waals surface area contributed by atoms with Crippen LogP contribution in [0.1, 0.15) is 24.5 Å². The Bertz CT molecular complexity index is 638. The zero-order chi connectivity index (χ0) is 15.4. The summed E-state index contributed by atoms with van der Waals surface area (Å²) < 4.78 is 5.09. The Morgan fingerprint density at radius 1 is 1.43 bits per heavy atom. The highest BCUT2D eigenvalue weighted by Gasteiger charge is 2.25. The molecule has 0 radical (unpaired) electrons. The zero-order valence-corrected chi connectivity index (χ0v) is 12.0. The Morgan fingerprint density at radius 2 is 2.19 bits per heavy atom. The highest BCUT2D eigenvalue weighted by Crippen LogP contribution is 2.27. The van der Waals surface area contributed by atoms with Gasteiger partial charge in [0.25, 0.3) is 11.1 Å². The average Bonchev–Trinajstić information content (AvgIpc) is 2.78. The highest BCUT2D eigenvalue weighted by molar-refractivity contribution is 8.18. The Kier molecular flexibility index (Phi) is 4.77. The third-order valence-electron chi connectivity index (χ3n) is 2.71. The van der Waals surface area contributed by atoms with Crippen LogP contribution in [-0.4, -0.2) is 22.2 Å². The number of nitrogens with one attached hydrogen (secondary N) is 1. The van der Waals surface area contributed by atoms with Crippen LogP contribution in [0.4, 0.5) is 4.79 Å². The van der Waals surface area contributed by atoms with Gasteiger partial charge in [-0.15, -0.1) is 0 Å². The van der Waals surface area contributed by atoms with Crippen molar-refractivity contribution in [3.05, 3.63) is 34.2 Å². The minimum absolute atomic E-state index is 0.232. The van der Waals surface area contributed by atoms with Gasteiger partial charge in [-0.1, -0.05) is 13.0 Å². The second kappa shape index (κ2) is 6.55. The summed E-state index contributed by atoms with van der Waals surface area (Å²) in [6.45, 7) is 1.37. The lowest BCUT2D eigenvalue weighted by Gasteiger charge is -2.08. The van der Waals surface area contributed by atoms with E-state index in [1.807, 2.05) is 0 Å². The first-order valence-electron chi connectivity index (χ1n) is 6.22. The number of ether oxygens (including phenoxy) is 1. The number of hydrogen-bond acceptors (Lipinski definition) is 6. The fraction of sp³-hybridized carbons (Fsp3) is 0.214. The Balaban J connectivity index is 2.27. The van der Waals surface area contributed by atoms with Gasteiger partial charge in [0.1, 0.15) is 5.75 Å². The molecule has 7 heteroatoms. The van der Waals surface area contributed by atoms with E-state index in [-0.39, 0.29) is 23.7 Å². The first-order valence-corrected chi connectivity index (χ1v) is 7.04. The molecule has 2 N–H and O–H groups in total. The quantitative estimate of drug-likeness (QED) is 0.501. The van der Waals surface area contributed by atoms with Crippen LogP contribution in [-0.2, 0) is 16.2 Å². The fourth-order valence-electron chi connectivity index (χ4n) is 1.68. The van der Waals surface area contributed by atoms with Crippen LogP contribution in [0.25, 0.3) is 6.08 Å². The number of hydrogen-bond donors (Lipinski definition) is 2. The second-order valence-electron chi connectivity index (χ2n) is 4.21. The number of imide groups is 1. The summed E-state index contributed by atoms with van der Waals surface area (Å²) in [6, 6.07) is 4.79. The second-order valence-corrected chi connectivity index (χ2v) is 5.22. The maximum atomic E-state index is 11.5. The van der Waals surface area contributed by atoms with Crippen molar-refractivity contribution in [2.45, 2.75) is 20.0 Å². The number of aliphatic hydroxyl groups is 1. The van der Waals surface area contributed by atoms with Crippen LogP contribution in [0.3, 0.4) is 0 Å². The van der Waals surface area contributed by atoms with Crippen molar-refractivity contribution in [1.29, 1.82) is 0 Å². The number of thioether (sulfide) groups is 1. The third kappa shape index (κ3) is 3.71. The van der Waals surface area contributed by atoms with Crippen molar-refractivity contribution >= 4 is 35.0 Å². The SMILES string of the molecule is CCC(=O)Oc1ccc(/C=C2\SC(=O)NC2=O)cc1CO. The van der Waals surface area contributed by atoms with Gasteiger partial charge in [0, 0.05) is 12.0 Å². The number of esters is 1. The number of aliphatic hydroxyl groups excluding tert-OH is 1. The van der Waals surface area contributed by atoms with E-state index in [1.165, 1.54) is 6.08 Å². The maximum absolute atomic E-state index is 11.5. The van der Waals surface area contributed by atoms with E-state index in [2.05, 4.69) is 5.32 Å². The Labute approximate surface area is 125 Å². The number of benzene rings is 1. The minimum Gasteiger partial charge on any atom is -0.426 e. The van der Waals surface area contributed by atoms with Crippen LogP contribution < -0.4 is 10.1 Å².